The summed E-state index contributed by atoms with van der Waals surface area (Å²) >= 11 is 0. The van der Waals surface area contributed by atoms with E-state index in [4.69, 9.17) is 4.98 Å². The number of hydrogen-bond acceptors (Lipinski definition) is 1. The minimum atomic E-state index is 0.935. The van der Waals surface area contributed by atoms with Crippen molar-refractivity contribution in [1.82, 2.24) is 14.1 Å². The van der Waals surface area contributed by atoms with Crippen molar-refractivity contribution < 1.29 is 0 Å². The zero-order valence-electron chi connectivity index (χ0n) is 28.2. The standard InChI is InChI=1S/C49H31N3/c1-3-15-32(16-4-1)33-29-30-44-41(31-33)36-20-9-11-26-43(36)52(44)46-28-14-23-39-47-37(35-19-7-8-21-38(35)48(39)46)22-13-24-40(47)49-50-42-25-10-12-27-45(42)51(49)34-17-5-2-6-18-34/h1-31H. The van der Waals surface area contributed by atoms with Gasteiger partial charge in [-0.25, -0.2) is 4.98 Å². The Balaban J connectivity index is 1.27. The Morgan fingerprint density at radius 2 is 0.962 bits per heavy atom. The van der Waals surface area contributed by atoms with E-state index < -0.39 is 0 Å². The molecule has 0 saturated heterocycles. The van der Waals surface area contributed by atoms with Crippen LogP contribution in [0.1, 0.15) is 0 Å². The van der Waals surface area contributed by atoms with Gasteiger partial charge < -0.3 is 4.57 Å². The van der Waals surface area contributed by atoms with Gasteiger partial charge in [0.25, 0.3) is 0 Å². The van der Waals surface area contributed by atoms with E-state index in [9.17, 15) is 0 Å². The van der Waals surface area contributed by atoms with Crippen LogP contribution in [0, 0.1) is 0 Å². The summed E-state index contributed by atoms with van der Waals surface area (Å²) in [6.07, 6.45) is 0. The maximum Gasteiger partial charge on any atom is 0.146 e. The molecular formula is C49H31N3. The molecule has 0 saturated carbocycles. The Labute approximate surface area is 300 Å². The third kappa shape index (κ3) is 4.17. The van der Waals surface area contributed by atoms with Crippen LogP contribution in [0.4, 0.5) is 0 Å². The minimum absolute atomic E-state index is 0.935. The molecule has 9 aromatic carbocycles. The number of para-hydroxylation sites is 4. The van der Waals surface area contributed by atoms with Crippen LogP contribution >= 0.6 is 0 Å². The molecule has 0 atom stereocenters. The first-order chi connectivity index (χ1) is 25.8. The van der Waals surface area contributed by atoms with E-state index in [0.717, 1.165) is 28.1 Å². The maximum atomic E-state index is 5.34. The van der Waals surface area contributed by atoms with Crippen LogP contribution in [0.25, 0.3) is 99.0 Å². The van der Waals surface area contributed by atoms with Crippen molar-refractivity contribution in [2.45, 2.75) is 0 Å². The molecule has 0 radical (unpaired) electrons. The highest BCUT2D eigenvalue weighted by molar-refractivity contribution is 6.30. The van der Waals surface area contributed by atoms with Crippen molar-refractivity contribution in [3.8, 4) is 33.9 Å². The van der Waals surface area contributed by atoms with Crippen molar-refractivity contribution in [1.29, 1.82) is 0 Å². The number of hydrogen-bond donors (Lipinski definition) is 0. The highest BCUT2D eigenvalue weighted by Crippen LogP contribution is 2.45. The van der Waals surface area contributed by atoms with Crippen LogP contribution in [0.15, 0.2) is 188 Å². The average molecular weight is 662 g/mol. The smallest absolute Gasteiger partial charge is 0.146 e. The van der Waals surface area contributed by atoms with E-state index in [1.807, 2.05) is 0 Å². The lowest BCUT2D eigenvalue weighted by Crippen LogP contribution is -1.99. The number of nitrogens with zero attached hydrogens (tertiary/aromatic N) is 3. The lowest BCUT2D eigenvalue weighted by atomic mass is 9.90. The molecule has 242 valence electrons. The summed E-state index contributed by atoms with van der Waals surface area (Å²) in [7, 11) is 0. The van der Waals surface area contributed by atoms with Crippen molar-refractivity contribution in [3.63, 3.8) is 0 Å². The molecule has 0 N–H and O–H groups in total. The molecule has 0 aliphatic heterocycles. The van der Waals surface area contributed by atoms with E-state index in [1.54, 1.807) is 0 Å². The van der Waals surface area contributed by atoms with E-state index in [0.29, 0.717) is 0 Å². The Kier molecular flexibility index (Phi) is 6.25. The molecule has 11 aromatic rings. The Morgan fingerprint density at radius 1 is 0.346 bits per heavy atom. The largest absolute Gasteiger partial charge is 0.309 e. The number of benzene rings is 9. The summed E-state index contributed by atoms with van der Waals surface area (Å²) in [5.74, 6) is 0.935. The summed E-state index contributed by atoms with van der Waals surface area (Å²) in [5.41, 5.74) is 10.3. The fourth-order valence-corrected chi connectivity index (χ4v) is 8.49. The van der Waals surface area contributed by atoms with Gasteiger partial charge in [-0.2, -0.15) is 0 Å². The third-order valence-electron chi connectivity index (χ3n) is 10.7. The van der Waals surface area contributed by atoms with Gasteiger partial charge in [-0.05, 0) is 81.2 Å². The lowest BCUT2D eigenvalue weighted by molar-refractivity contribution is 1.11. The lowest BCUT2D eigenvalue weighted by Gasteiger charge is -2.18. The maximum absolute atomic E-state index is 5.34. The van der Waals surface area contributed by atoms with Gasteiger partial charge in [0, 0.05) is 32.8 Å². The molecule has 11 rings (SSSR count). The Hall–Kier alpha value is -6.97. The number of imidazole rings is 1. The van der Waals surface area contributed by atoms with Crippen LogP contribution in [0.5, 0.6) is 0 Å². The molecule has 0 aliphatic rings. The van der Waals surface area contributed by atoms with Crippen LogP contribution in [0.3, 0.4) is 0 Å². The van der Waals surface area contributed by atoms with Crippen molar-refractivity contribution in [2.24, 2.45) is 0 Å². The summed E-state index contributed by atoms with van der Waals surface area (Å²) in [4.78, 5) is 5.34. The van der Waals surface area contributed by atoms with Crippen LogP contribution in [-0.4, -0.2) is 14.1 Å². The first-order valence-corrected chi connectivity index (χ1v) is 17.8. The fraction of sp³-hybridized carbons (Fsp3) is 0. The van der Waals surface area contributed by atoms with Gasteiger partial charge in [-0.1, -0.05) is 140 Å². The zero-order chi connectivity index (χ0) is 34.2. The number of aromatic nitrogens is 3. The Morgan fingerprint density at radius 3 is 1.81 bits per heavy atom. The zero-order valence-corrected chi connectivity index (χ0v) is 28.2. The van der Waals surface area contributed by atoms with Gasteiger partial charge in [0.1, 0.15) is 5.82 Å². The van der Waals surface area contributed by atoms with E-state index >= 15 is 0 Å². The predicted octanol–water partition coefficient (Wildman–Crippen LogP) is 12.9. The third-order valence-corrected chi connectivity index (χ3v) is 10.7. The molecule has 52 heavy (non-hydrogen) atoms. The van der Waals surface area contributed by atoms with E-state index in [2.05, 4.69) is 197 Å². The molecule has 0 amide bonds. The van der Waals surface area contributed by atoms with E-state index in [1.165, 1.54) is 70.9 Å². The molecule has 2 heterocycles. The van der Waals surface area contributed by atoms with Gasteiger partial charge in [0.15, 0.2) is 0 Å². The van der Waals surface area contributed by atoms with Crippen molar-refractivity contribution >= 4 is 65.2 Å². The molecule has 0 unspecified atom stereocenters. The highest BCUT2D eigenvalue weighted by Gasteiger charge is 2.22. The first-order valence-electron chi connectivity index (χ1n) is 17.8. The summed E-state index contributed by atoms with van der Waals surface area (Å²) in [6, 6.07) is 67.9. The number of rotatable bonds is 4. The van der Waals surface area contributed by atoms with Gasteiger partial charge in [0.05, 0.1) is 27.8 Å². The van der Waals surface area contributed by atoms with Crippen molar-refractivity contribution in [2.75, 3.05) is 0 Å². The quantitative estimate of drug-likeness (QED) is 0.172. The fourth-order valence-electron chi connectivity index (χ4n) is 8.49. The molecule has 3 nitrogen and oxygen atoms in total. The molecule has 0 fully saturated rings. The second kappa shape index (κ2) is 11.3. The summed E-state index contributed by atoms with van der Waals surface area (Å²) in [5, 5.41) is 9.83. The van der Waals surface area contributed by atoms with Crippen molar-refractivity contribution in [3.05, 3.63) is 188 Å². The summed E-state index contributed by atoms with van der Waals surface area (Å²) < 4.78 is 4.79. The molecule has 0 bridgehead atoms. The predicted molar refractivity (Wildman–Crippen MR) is 219 cm³/mol. The van der Waals surface area contributed by atoms with Gasteiger partial charge >= 0.3 is 0 Å². The second-order valence-electron chi connectivity index (χ2n) is 13.5. The summed E-state index contributed by atoms with van der Waals surface area (Å²) in [6.45, 7) is 0. The van der Waals surface area contributed by atoms with E-state index in [-0.39, 0.29) is 0 Å². The average Bonchev–Trinajstić information content (AvgIpc) is 3.77. The molecule has 2 aromatic heterocycles. The molecule has 3 heteroatoms. The van der Waals surface area contributed by atoms with Crippen LogP contribution < -0.4 is 0 Å². The minimum Gasteiger partial charge on any atom is -0.309 e. The van der Waals surface area contributed by atoms with Gasteiger partial charge in [0.2, 0.25) is 0 Å². The topological polar surface area (TPSA) is 22.8 Å². The monoisotopic (exact) mass is 661 g/mol. The van der Waals surface area contributed by atoms with Crippen LogP contribution in [0.2, 0.25) is 0 Å². The normalized spacial score (nSPS) is 11.8. The molecule has 0 spiro atoms. The first kappa shape index (κ1) is 28.8. The second-order valence-corrected chi connectivity index (χ2v) is 13.5. The Bertz CT molecular complexity index is 3170. The highest BCUT2D eigenvalue weighted by atomic mass is 15.1. The number of fused-ring (bicyclic) bond motifs is 10. The SMILES string of the molecule is c1ccc(-c2ccc3c(c2)c2ccccc2n3-c2cccc3c4c(-c5nc6ccccc6n5-c5ccccc5)cccc4c4ccccc4c23)cc1. The molecular weight excluding hydrogens is 631 g/mol. The van der Waals surface area contributed by atoms with Gasteiger partial charge in [-0.3, -0.25) is 4.57 Å². The van der Waals surface area contributed by atoms with Crippen LogP contribution in [-0.2, 0) is 0 Å². The van der Waals surface area contributed by atoms with Gasteiger partial charge in [-0.15, -0.1) is 0 Å². The molecule has 0 aliphatic carbocycles.